The summed E-state index contributed by atoms with van der Waals surface area (Å²) < 4.78 is 1.30. The molecule has 0 bridgehead atoms. The molecule has 0 fully saturated rings. The number of hydrogen-bond acceptors (Lipinski definition) is 1. The molecule has 2 heteroatoms. The molecule has 0 aliphatic heterocycles. The monoisotopic (exact) mass is 365 g/mol. The number of nitrogens with one attached hydrogen (secondary N) is 1. The minimum Gasteiger partial charge on any atom is -0.309 e. The zero-order chi connectivity index (χ0) is 14.0. The second-order valence-corrected chi connectivity index (χ2v) is 6.20. The summed E-state index contributed by atoms with van der Waals surface area (Å²) in [5, 5.41) is 3.46. The van der Waals surface area contributed by atoms with Crippen LogP contribution in [0.2, 0.25) is 0 Å². The van der Waals surface area contributed by atoms with Crippen molar-refractivity contribution in [1.82, 2.24) is 5.32 Å². The molecule has 1 N–H and O–H groups in total. The fraction of sp³-hybridized carbons (Fsp3) is 0.294. The van der Waals surface area contributed by atoms with E-state index in [4.69, 9.17) is 0 Å². The van der Waals surface area contributed by atoms with Crippen LogP contribution in [0.1, 0.15) is 33.9 Å². The van der Waals surface area contributed by atoms with Crippen molar-refractivity contribution in [1.29, 1.82) is 0 Å². The largest absolute Gasteiger partial charge is 0.309 e. The van der Waals surface area contributed by atoms with Gasteiger partial charge in [-0.2, -0.15) is 0 Å². The van der Waals surface area contributed by atoms with Crippen LogP contribution >= 0.6 is 22.6 Å². The molecule has 0 heterocycles. The topological polar surface area (TPSA) is 12.0 Å². The van der Waals surface area contributed by atoms with Crippen LogP contribution in [0.5, 0.6) is 0 Å². The van der Waals surface area contributed by atoms with E-state index in [0.717, 1.165) is 0 Å². The van der Waals surface area contributed by atoms with Gasteiger partial charge in [-0.1, -0.05) is 30.3 Å². The molecule has 0 amide bonds. The summed E-state index contributed by atoms with van der Waals surface area (Å²) in [6.45, 7) is 6.55. The van der Waals surface area contributed by atoms with Gasteiger partial charge in [-0.05, 0) is 84.3 Å². The average molecular weight is 365 g/mol. The van der Waals surface area contributed by atoms with Crippen LogP contribution in [0.15, 0.2) is 36.4 Å². The van der Waals surface area contributed by atoms with Crippen molar-refractivity contribution in [2.45, 2.75) is 26.8 Å². The van der Waals surface area contributed by atoms with Crippen LogP contribution in [0.4, 0.5) is 0 Å². The summed E-state index contributed by atoms with van der Waals surface area (Å²) in [5.41, 5.74) is 6.78. The maximum atomic E-state index is 3.46. The number of rotatable bonds is 3. The Morgan fingerprint density at radius 1 is 0.895 bits per heavy atom. The molecule has 0 aliphatic rings. The molecule has 0 radical (unpaired) electrons. The summed E-state index contributed by atoms with van der Waals surface area (Å²) in [7, 11) is 2.03. The summed E-state index contributed by atoms with van der Waals surface area (Å²) in [6.07, 6.45) is 0. The van der Waals surface area contributed by atoms with Crippen molar-refractivity contribution in [3.8, 4) is 0 Å². The van der Waals surface area contributed by atoms with E-state index in [0.29, 0.717) is 0 Å². The molecule has 0 aromatic heterocycles. The lowest BCUT2D eigenvalue weighted by atomic mass is 9.92. The van der Waals surface area contributed by atoms with Gasteiger partial charge in [-0.25, -0.2) is 0 Å². The smallest absolute Gasteiger partial charge is 0.0587 e. The van der Waals surface area contributed by atoms with E-state index in [1.54, 1.807) is 0 Å². The highest BCUT2D eigenvalue weighted by atomic mass is 127. The van der Waals surface area contributed by atoms with Gasteiger partial charge in [0, 0.05) is 3.57 Å². The molecule has 0 saturated heterocycles. The maximum absolute atomic E-state index is 3.46. The SMILES string of the molecule is CNC(c1cc(C)c(C)cc1C)c1ccccc1I. The first-order valence-corrected chi connectivity index (χ1v) is 7.62. The van der Waals surface area contributed by atoms with Gasteiger partial charge in [0.15, 0.2) is 0 Å². The van der Waals surface area contributed by atoms with Crippen LogP contribution in [0.25, 0.3) is 0 Å². The number of aryl methyl sites for hydroxylation is 3. The molecule has 100 valence electrons. The summed E-state index contributed by atoms with van der Waals surface area (Å²) in [5.74, 6) is 0. The van der Waals surface area contributed by atoms with E-state index in [-0.39, 0.29) is 6.04 Å². The van der Waals surface area contributed by atoms with Crippen LogP contribution in [-0.2, 0) is 0 Å². The Hall–Kier alpha value is -0.870. The molecule has 1 nitrogen and oxygen atoms in total. The zero-order valence-corrected chi connectivity index (χ0v) is 14.1. The fourth-order valence-corrected chi connectivity index (χ4v) is 3.18. The highest BCUT2D eigenvalue weighted by Crippen LogP contribution is 2.29. The van der Waals surface area contributed by atoms with E-state index >= 15 is 0 Å². The van der Waals surface area contributed by atoms with E-state index in [1.165, 1.54) is 31.4 Å². The second-order valence-electron chi connectivity index (χ2n) is 5.04. The molecule has 2 aromatic rings. The first-order chi connectivity index (χ1) is 9.04. The third-order valence-electron chi connectivity index (χ3n) is 3.70. The van der Waals surface area contributed by atoms with Crippen LogP contribution in [-0.4, -0.2) is 7.05 Å². The molecule has 0 saturated carbocycles. The molecule has 2 rings (SSSR count). The van der Waals surface area contributed by atoms with Gasteiger partial charge in [0.25, 0.3) is 0 Å². The molecule has 1 atom stereocenters. The Bertz CT molecular complexity index is 590. The van der Waals surface area contributed by atoms with E-state index < -0.39 is 0 Å². The van der Waals surface area contributed by atoms with E-state index in [2.05, 4.69) is 85.1 Å². The van der Waals surface area contributed by atoms with Crippen molar-refractivity contribution in [3.63, 3.8) is 0 Å². The average Bonchev–Trinajstić information content (AvgIpc) is 2.38. The standard InChI is InChI=1S/C17H20IN/c1-11-9-13(3)15(10-12(11)2)17(19-4)14-7-5-6-8-16(14)18/h5-10,17,19H,1-4H3. The van der Waals surface area contributed by atoms with Crippen molar-refractivity contribution < 1.29 is 0 Å². The van der Waals surface area contributed by atoms with Crippen LogP contribution in [0.3, 0.4) is 0 Å². The Labute approximate surface area is 129 Å². The third kappa shape index (κ3) is 3.00. The number of benzene rings is 2. The molecule has 0 spiro atoms. The molecular formula is C17H20IN. The van der Waals surface area contributed by atoms with E-state index in [9.17, 15) is 0 Å². The quantitative estimate of drug-likeness (QED) is 0.789. The first-order valence-electron chi connectivity index (χ1n) is 6.54. The number of hydrogen-bond donors (Lipinski definition) is 1. The number of halogens is 1. The van der Waals surface area contributed by atoms with Crippen LogP contribution < -0.4 is 5.32 Å². The Morgan fingerprint density at radius 3 is 2.16 bits per heavy atom. The normalized spacial score (nSPS) is 12.5. The van der Waals surface area contributed by atoms with Gasteiger partial charge >= 0.3 is 0 Å². The van der Waals surface area contributed by atoms with Crippen molar-refractivity contribution >= 4 is 22.6 Å². The summed E-state index contributed by atoms with van der Waals surface area (Å²) >= 11 is 2.41. The lowest BCUT2D eigenvalue weighted by molar-refractivity contribution is 0.683. The summed E-state index contributed by atoms with van der Waals surface area (Å²) in [6, 6.07) is 13.4. The Balaban J connectivity index is 2.55. The molecule has 1 unspecified atom stereocenters. The second kappa shape index (κ2) is 6.06. The minimum absolute atomic E-state index is 0.257. The van der Waals surface area contributed by atoms with Crippen LogP contribution in [0, 0.1) is 24.3 Å². The van der Waals surface area contributed by atoms with Gasteiger partial charge < -0.3 is 5.32 Å². The predicted octanol–water partition coefficient (Wildman–Crippen LogP) is 4.53. The van der Waals surface area contributed by atoms with Gasteiger partial charge in [0.1, 0.15) is 0 Å². The van der Waals surface area contributed by atoms with Gasteiger partial charge in [-0.3, -0.25) is 0 Å². The first kappa shape index (κ1) is 14.5. The lowest BCUT2D eigenvalue weighted by Gasteiger charge is -2.22. The highest BCUT2D eigenvalue weighted by molar-refractivity contribution is 14.1. The van der Waals surface area contributed by atoms with Gasteiger partial charge in [-0.15, -0.1) is 0 Å². The van der Waals surface area contributed by atoms with Gasteiger partial charge in [0.05, 0.1) is 6.04 Å². The van der Waals surface area contributed by atoms with Gasteiger partial charge in [0.2, 0.25) is 0 Å². The Kier molecular flexibility index (Phi) is 4.63. The molecule has 19 heavy (non-hydrogen) atoms. The zero-order valence-electron chi connectivity index (χ0n) is 11.9. The summed E-state index contributed by atoms with van der Waals surface area (Å²) in [4.78, 5) is 0. The predicted molar refractivity (Wildman–Crippen MR) is 90.7 cm³/mol. The third-order valence-corrected chi connectivity index (χ3v) is 4.68. The van der Waals surface area contributed by atoms with Crippen molar-refractivity contribution in [3.05, 3.63) is 67.8 Å². The molecule has 0 aliphatic carbocycles. The fourth-order valence-electron chi connectivity index (χ4n) is 2.48. The molecule has 2 aromatic carbocycles. The Morgan fingerprint density at radius 2 is 1.53 bits per heavy atom. The maximum Gasteiger partial charge on any atom is 0.0587 e. The van der Waals surface area contributed by atoms with Crippen molar-refractivity contribution in [2.24, 2.45) is 0 Å². The minimum atomic E-state index is 0.257. The van der Waals surface area contributed by atoms with E-state index in [1.807, 2.05) is 7.05 Å². The lowest BCUT2D eigenvalue weighted by Crippen LogP contribution is -2.20. The highest BCUT2D eigenvalue weighted by Gasteiger charge is 2.17. The van der Waals surface area contributed by atoms with Crippen molar-refractivity contribution in [2.75, 3.05) is 7.05 Å². The molecular weight excluding hydrogens is 345 g/mol.